The van der Waals surface area contributed by atoms with E-state index in [9.17, 15) is 63.3 Å². The number of benzene rings is 1. The van der Waals surface area contributed by atoms with Gasteiger partial charge < -0.3 is 117 Å². The Morgan fingerprint density at radius 3 is 1.97 bits per heavy atom. The summed E-state index contributed by atoms with van der Waals surface area (Å²) in [7, 11) is -0.969. The molecular weight excluding hydrogens is 1410 g/mol. The molecule has 3 aliphatic rings. The summed E-state index contributed by atoms with van der Waals surface area (Å²) in [6, 6.07) is -3.68. The molecule has 2 aromatic rings. The number of primary amides is 1. The zero-order chi connectivity index (χ0) is 76.3. The number of nitrogens with one attached hydrogen (secondary N) is 8. The van der Waals surface area contributed by atoms with E-state index in [1.165, 1.54) is 32.7 Å². The number of aliphatic hydroxyl groups is 3. The van der Waals surface area contributed by atoms with Crippen LogP contribution in [0.4, 0.5) is 0 Å². The Balaban J connectivity index is 1.21. The van der Waals surface area contributed by atoms with E-state index in [0.29, 0.717) is 126 Å². The van der Waals surface area contributed by atoms with Gasteiger partial charge in [-0.2, -0.15) is 11.8 Å². The van der Waals surface area contributed by atoms with Crippen molar-refractivity contribution in [1.29, 1.82) is 0 Å². The van der Waals surface area contributed by atoms with Gasteiger partial charge in [-0.05, 0) is 30.0 Å². The minimum Gasteiger partial charge on any atom is -0.496 e. The smallest absolute Gasteiger partial charge is 0.304 e. The largest absolute Gasteiger partial charge is 0.496 e. The van der Waals surface area contributed by atoms with Crippen LogP contribution in [0.1, 0.15) is 77.3 Å². The topological polar surface area (TPSA) is 515 Å². The van der Waals surface area contributed by atoms with Crippen LogP contribution in [0, 0.1) is 29.6 Å². The highest BCUT2D eigenvalue weighted by Crippen LogP contribution is 2.37. The second-order valence-electron chi connectivity index (χ2n) is 25.4. The number of carboxylic acid groups (broad SMARTS) is 1. The Hall–Kier alpha value is -7.43. The number of aliphatic carboxylic acids is 1. The van der Waals surface area contributed by atoms with Gasteiger partial charge in [0.05, 0.1) is 179 Å². The number of Topliss-reactive ketones (excluding diaryl/α,β-unsaturated/α-hetero) is 2. The number of amides is 8. The van der Waals surface area contributed by atoms with E-state index in [1.54, 1.807) is 32.2 Å². The molecule has 12 atom stereocenters. The first-order chi connectivity index (χ1) is 49.8. The molecule has 16 N–H and O–H groups in total. The first-order valence-corrected chi connectivity index (χ1v) is 37.2. The van der Waals surface area contributed by atoms with Gasteiger partial charge in [-0.25, -0.2) is 0 Å². The molecule has 4 heterocycles. The predicted octanol–water partition coefficient (Wildman–Crippen LogP) is -3.47. The van der Waals surface area contributed by atoms with Crippen LogP contribution < -0.4 is 53.4 Å². The molecule has 35 nitrogen and oxygen atoms in total. The number of fused-ring (bicyclic) bond motifs is 5. The number of H-pyrrole nitrogens is 1. The highest BCUT2D eigenvalue weighted by molar-refractivity contribution is 7.98. The normalized spacial score (nSPS) is 22.6. The quantitative estimate of drug-likeness (QED) is 0.0288. The minimum absolute atomic E-state index is 0.0837. The lowest BCUT2D eigenvalue weighted by Crippen LogP contribution is -2.60. The van der Waals surface area contributed by atoms with Crippen LogP contribution in [-0.2, 0) is 109 Å². The van der Waals surface area contributed by atoms with Crippen molar-refractivity contribution in [2.45, 2.75) is 120 Å². The Labute approximate surface area is 610 Å². The zero-order valence-corrected chi connectivity index (χ0v) is 61.3. The summed E-state index contributed by atoms with van der Waals surface area (Å²) in [5, 5.41) is 59.4. The van der Waals surface area contributed by atoms with Crippen molar-refractivity contribution in [2.24, 2.45) is 41.1 Å². The van der Waals surface area contributed by atoms with Crippen LogP contribution in [0.25, 0.3) is 10.9 Å². The number of thioether (sulfide) groups is 1. The van der Waals surface area contributed by atoms with E-state index in [-0.39, 0.29) is 48.9 Å². The number of ketones is 2. The third kappa shape index (κ3) is 29.1. The van der Waals surface area contributed by atoms with Gasteiger partial charge in [0.1, 0.15) is 28.9 Å². The average molecular weight is 1510 g/mol. The Morgan fingerprint density at radius 2 is 1.38 bits per heavy atom. The number of aromatic nitrogens is 1. The van der Waals surface area contributed by atoms with Gasteiger partial charge in [0.15, 0.2) is 11.6 Å². The standard InChI is InChI=1S/C67H105N11O24S2/c1-6-39(2)47-28-44(80)33-72-62(89)42-26-48-46-7-8-55(95-5)49(37-103-24-23-102-22-21-101-20-19-100-18-17-99-16-15-98-14-13-97-12-11-96-10-9-70-31-43(68)32-71-61(88)40(3)25-58(86)87)60(46)77-66(48)104(94)38-51(74-57(85)34-73-63(47)90)64(91)75-50(30-56(69)84)67(93)78-35-45(81)29-52(78)65(92)76-59(53(82)27-42)41(4)54(83)36-79/h7-8,31,39-42,45,47,50-52,54,59,70,77,79,81,83H,6,9-30,32-38,68H2,1-5H3,(H2,69,84)(H,71,88)(H,72,89)(H,73,90)(H,74,85)(H,75,91)(H,76,92)(H,86,87)/b43-31-/t39-,40?,41-,42+,45+,47-,50-,51?,52-,54-,59-,104?/m0/s1. The Morgan fingerprint density at radius 1 is 0.779 bits per heavy atom. The molecule has 1 aromatic carbocycles. The van der Waals surface area contributed by atoms with Gasteiger partial charge in [-0.15, -0.1) is 0 Å². The molecule has 1 fully saturated rings. The van der Waals surface area contributed by atoms with Gasteiger partial charge >= 0.3 is 5.97 Å². The molecule has 104 heavy (non-hydrogen) atoms. The van der Waals surface area contributed by atoms with Crippen molar-refractivity contribution < 1.29 is 115 Å². The highest BCUT2D eigenvalue weighted by atomic mass is 32.2. The fourth-order valence-electron chi connectivity index (χ4n) is 11.5. The molecule has 3 aliphatic heterocycles. The summed E-state index contributed by atoms with van der Waals surface area (Å²) in [4.78, 5) is 155. The van der Waals surface area contributed by atoms with E-state index >= 15 is 9.00 Å². The third-order valence-electron chi connectivity index (χ3n) is 17.6. The van der Waals surface area contributed by atoms with Crippen molar-refractivity contribution in [3.05, 3.63) is 35.2 Å². The van der Waals surface area contributed by atoms with Crippen molar-refractivity contribution in [1.82, 2.24) is 47.1 Å². The fraction of sp³-hybridized carbons (Fsp3) is 0.687. The van der Waals surface area contributed by atoms with Crippen molar-refractivity contribution in [2.75, 3.05) is 150 Å². The first kappa shape index (κ1) is 87.2. The van der Waals surface area contributed by atoms with E-state index < -0.39 is 199 Å². The van der Waals surface area contributed by atoms with E-state index in [0.717, 1.165) is 4.90 Å². The number of carboxylic acids is 1. The first-order valence-electron chi connectivity index (χ1n) is 34.7. The lowest BCUT2D eigenvalue weighted by atomic mass is 9.85. The maximum absolute atomic E-state index is 15.4. The fourth-order valence-corrected chi connectivity index (χ4v) is 13.8. The number of nitrogens with zero attached hydrogens (tertiary/aromatic N) is 1. The van der Waals surface area contributed by atoms with Crippen LogP contribution in [0.15, 0.2) is 29.1 Å². The van der Waals surface area contributed by atoms with Gasteiger partial charge in [0.25, 0.3) is 0 Å². The number of hydrogen-bond acceptors (Lipinski definition) is 26. The summed E-state index contributed by atoms with van der Waals surface area (Å²) >= 11 is 1.45. The van der Waals surface area contributed by atoms with Gasteiger partial charge in [-0.3, -0.25) is 56.9 Å². The molecule has 0 saturated carbocycles. The minimum atomic E-state index is -2.41. The Kier molecular flexibility index (Phi) is 39.0. The molecule has 0 radical (unpaired) electrons. The SMILES string of the molecule is CC[C@H](C)[C@@H]1CC(=O)CNC(=O)[C@H]2CC(=O)[C@H]([C@@H](C)[C@@H](O)CO)NC(=O)[C@@H]3C[C@@H](O)CN3C(=O)[C@H](CC(N)=O)NC(=O)C(CS(=O)c3[nH]c4c(CSCCOCCOCCOCCOCCOCCOCCOCCN/C=C(\N)CNC(=O)C(C)CC(=O)O)c(OC)ccc4c3C2)NC(=O)CNC1=O. The van der Waals surface area contributed by atoms with Crippen LogP contribution in [0.3, 0.4) is 0 Å². The number of hydrogen-bond donors (Lipinski definition) is 14. The van der Waals surface area contributed by atoms with Crippen LogP contribution >= 0.6 is 11.8 Å². The molecule has 8 amide bonds. The molecule has 0 spiro atoms. The summed E-state index contributed by atoms with van der Waals surface area (Å²) < 4.78 is 60.4. The van der Waals surface area contributed by atoms with Gasteiger partial charge in [0.2, 0.25) is 47.3 Å². The number of carbonyl (C=O) groups is 11. The van der Waals surface area contributed by atoms with Crippen LogP contribution in [0.2, 0.25) is 0 Å². The Bertz CT molecular complexity index is 3240. The number of ether oxygens (including phenoxy) is 8. The summed E-state index contributed by atoms with van der Waals surface area (Å²) in [5.74, 6) is -14.3. The van der Waals surface area contributed by atoms with Crippen LogP contribution in [0.5, 0.6) is 5.75 Å². The molecule has 2 bridgehead atoms. The van der Waals surface area contributed by atoms with Gasteiger partial charge in [-0.1, -0.05) is 34.1 Å². The number of nitrogens with two attached hydrogens (primary N) is 2. The summed E-state index contributed by atoms with van der Waals surface area (Å²) in [6.07, 6.45) is -4.11. The maximum Gasteiger partial charge on any atom is 0.304 e. The second kappa shape index (κ2) is 46.5. The summed E-state index contributed by atoms with van der Waals surface area (Å²) in [6.45, 7) is 9.00. The molecule has 5 rings (SSSR count). The number of rotatable bonds is 40. The average Bonchev–Trinajstić information content (AvgIpc) is 1.61. The lowest BCUT2D eigenvalue weighted by molar-refractivity contribution is -0.144. The van der Waals surface area contributed by atoms with Crippen molar-refractivity contribution in [3.63, 3.8) is 0 Å². The lowest BCUT2D eigenvalue weighted by Gasteiger charge is -2.32. The van der Waals surface area contributed by atoms with E-state index in [1.807, 2.05) is 0 Å². The summed E-state index contributed by atoms with van der Waals surface area (Å²) in [5.41, 5.74) is 13.0. The zero-order valence-electron chi connectivity index (χ0n) is 59.7. The van der Waals surface area contributed by atoms with Crippen molar-refractivity contribution >= 4 is 98.3 Å². The van der Waals surface area contributed by atoms with E-state index in [4.69, 9.17) is 54.5 Å². The molecule has 1 saturated heterocycles. The number of methoxy groups -OCH3 is 1. The monoisotopic (exact) mass is 1510 g/mol. The highest BCUT2D eigenvalue weighted by Gasteiger charge is 2.45. The number of aliphatic hydroxyl groups excluding tert-OH is 3. The number of carbonyl (C=O) groups excluding carboxylic acids is 10. The maximum atomic E-state index is 15.4. The van der Waals surface area contributed by atoms with Crippen LogP contribution in [-0.4, -0.2) is 286 Å². The predicted molar refractivity (Wildman–Crippen MR) is 376 cm³/mol. The van der Waals surface area contributed by atoms with Gasteiger partial charge in [0, 0.05) is 90.4 Å². The third-order valence-corrected chi connectivity index (χ3v) is 20.0. The van der Waals surface area contributed by atoms with Crippen molar-refractivity contribution in [3.8, 4) is 5.75 Å². The molecule has 1 aromatic heterocycles. The van der Waals surface area contributed by atoms with E-state index in [2.05, 4.69) is 42.2 Å². The molecule has 0 aliphatic carbocycles. The molecule has 37 heteroatoms. The molecular formula is C67H105N11O24S2. The number of aromatic amines is 1. The molecule has 3 unspecified atom stereocenters. The second-order valence-corrected chi connectivity index (χ2v) is 28.0. The molecule has 584 valence electrons.